The Morgan fingerprint density at radius 2 is 1.81 bits per heavy atom. The van der Waals surface area contributed by atoms with Crippen LogP contribution < -0.4 is 10.6 Å². The fourth-order valence-corrected chi connectivity index (χ4v) is 3.64. The van der Waals surface area contributed by atoms with E-state index in [1.54, 1.807) is 17.5 Å². The molecule has 4 aromatic rings. The number of anilines is 3. The standard InChI is InChI=1S/C22H20N4S/c1-16-6-5-9-18(14-16)25-22-23-13-12-19(26-22)20-10-11-21(27-20)24-15-17-7-3-2-4-8-17/h2-14,24H,15H2,1H3,(H,23,25,26). The maximum atomic E-state index is 4.66. The molecule has 4 rings (SSSR count). The molecule has 0 radical (unpaired) electrons. The van der Waals surface area contributed by atoms with Crippen molar-refractivity contribution in [1.29, 1.82) is 0 Å². The SMILES string of the molecule is Cc1cccc(Nc2nccc(-c3ccc(NCc4ccccc4)s3)n2)c1. The molecule has 0 atom stereocenters. The van der Waals surface area contributed by atoms with Crippen molar-refractivity contribution in [2.75, 3.05) is 10.6 Å². The molecule has 0 aliphatic heterocycles. The molecular weight excluding hydrogens is 352 g/mol. The Morgan fingerprint density at radius 1 is 0.926 bits per heavy atom. The molecule has 0 spiro atoms. The lowest BCUT2D eigenvalue weighted by Crippen LogP contribution is -1.97. The molecule has 2 aromatic heterocycles. The third-order valence-corrected chi connectivity index (χ3v) is 5.16. The Hall–Kier alpha value is -3.18. The maximum Gasteiger partial charge on any atom is 0.227 e. The van der Waals surface area contributed by atoms with Crippen molar-refractivity contribution < 1.29 is 0 Å². The lowest BCUT2D eigenvalue weighted by Gasteiger charge is -2.06. The Kier molecular flexibility index (Phi) is 5.12. The van der Waals surface area contributed by atoms with E-state index in [0.717, 1.165) is 27.8 Å². The van der Waals surface area contributed by atoms with Crippen LogP contribution in [0.25, 0.3) is 10.6 Å². The van der Waals surface area contributed by atoms with E-state index in [9.17, 15) is 0 Å². The van der Waals surface area contributed by atoms with Crippen LogP contribution in [0.5, 0.6) is 0 Å². The van der Waals surface area contributed by atoms with Crippen molar-refractivity contribution in [2.24, 2.45) is 0 Å². The van der Waals surface area contributed by atoms with E-state index < -0.39 is 0 Å². The zero-order valence-electron chi connectivity index (χ0n) is 15.0. The molecule has 27 heavy (non-hydrogen) atoms. The minimum absolute atomic E-state index is 0.602. The predicted molar refractivity (Wildman–Crippen MR) is 114 cm³/mol. The number of hydrogen-bond donors (Lipinski definition) is 2. The Labute approximate surface area is 163 Å². The summed E-state index contributed by atoms with van der Waals surface area (Å²) in [6.45, 7) is 2.88. The Morgan fingerprint density at radius 3 is 2.67 bits per heavy atom. The number of nitrogens with one attached hydrogen (secondary N) is 2. The van der Waals surface area contributed by atoms with Crippen molar-refractivity contribution >= 4 is 28.0 Å². The topological polar surface area (TPSA) is 49.8 Å². The molecule has 0 fully saturated rings. The summed E-state index contributed by atoms with van der Waals surface area (Å²) in [6.07, 6.45) is 1.79. The van der Waals surface area contributed by atoms with Gasteiger partial charge in [-0.3, -0.25) is 0 Å². The van der Waals surface area contributed by atoms with Gasteiger partial charge in [0.2, 0.25) is 5.95 Å². The average molecular weight is 372 g/mol. The van der Waals surface area contributed by atoms with E-state index in [1.165, 1.54) is 11.1 Å². The van der Waals surface area contributed by atoms with Crippen LogP contribution in [0.1, 0.15) is 11.1 Å². The van der Waals surface area contributed by atoms with Gasteiger partial charge in [0.05, 0.1) is 15.6 Å². The molecular formula is C22H20N4S. The fourth-order valence-electron chi connectivity index (χ4n) is 2.76. The molecule has 0 saturated heterocycles. The molecule has 5 heteroatoms. The molecule has 134 valence electrons. The minimum atomic E-state index is 0.602. The number of thiophene rings is 1. The molecule has 0 saturated carbocycles. The normalized spacial score (nSPS) is 10.6. The lowest BCUT2D eigenvalue weighted by molar-refractivity contribution is 1.16. The first-order valence-electron chi connectivity index (χ1n) is 8.81. The molecule has 2 N–H and O–H groups in total. The lowest BCUT2D eigenvalue weighted by atomic mass is 10.2. The van der Waals surface area contributed by atoms with Crippen LogP contribution in [0.2, 0.25) is 0 Å². The highest BCUT2D eigenvalue weighted by Crippen LogP contribution is 2.31. The quantitative estimate of drug-likeness (QED) is 0.444. The monoisotopic (exact) mass is 372 g/mol. The minimum Gasteiger partial charge on any atom is -0.373 e. The van der Waals surface area contributed by atoms with Gasteiger partial charge in [-0.15, -0.1) is 11.3 Å². The molecule has 0 amide bonds. The number of aryl methyl sites for hydroxylation is 1. The highest BCUT2D eigenvalue weighted by molar-refractivity contribution is 7.19. The van der Waals surface area contributed by atoms with Gasteiger partial charge in [-0.1, -0.05) is 42.5 Å². The van der Waals surface area contributed by atoms with Crippen LogP contribution in [-0.2, 0) is 6.54 Å². The van der Waals surface area contributed by atoms with E-state index >= 15 is 0 Å². The van der Waals surface area contributed by atoms with Gasteiger partial charge < -0.3 is 10.6 Å². The summed E-state index contributed by atoms with van der Waals surface area (Å²) in [5.74, 6) is 0.602. The van der Waals surface area contributed by atoms with Gasteiger partial charge in [-0.05, 0) is 48.4 Å². The molecule has 2 aromatic carbocycles. The van der Waals surface area contributed by atoms with Gasteiger partial charge in [-0.25, -0.2) is 9.97 Å². The predicted octanol–water partition coefficient (Wildman–Crippen LogP) is 5.87. The number of aromatic nitrogens is 2. The highest BCUT2D eigenvalue weighted by atomic mass is 32.1. The van der Waals surface area contributed by atoms with Gasteiger partial charge in [-0.2, -0.15) is 0 Å². The molecule has 4 nitrogen and oxygen atoms in total. The summed E-state index contributed by atoms with van der Waals surface area (Å²) in [7, 11) is 0. The van der Waals surface area contributed by atoms with Crippen molar-refractivity contribution in [2.45, 2.75) is 13.5 Å². The number of nitrogens with zero attached hydrogens (tertiary/aromatic N) is 2. The molecule has 2 heterocycles. The smallest absolute Gasteiger partial charge is 0.227 e. The average Bonchev–Trinajstić information content (AvgIpc) is 3.17. The van der Waals surface area contributed by atoms with Gasteiger partial charge in [0.15, 0.2) is 0 Å². The van der Waals surface area contributed by atoms with Crippen LogP contribution in [0.3, 0.4) is 0 Å². The van der Waals surface area contributed by atoms with E-state index in [4.69, 9.17) is 0 Å². The summed E-state index contributed by atoms with van der Waals surface area (Å²) in [5.41, 5.74) is 4.36. The van der Waals surface area contributed by atoms with Gasteiger partial charge >= 0.3 is 0 Å². The van der Waals surface area contributed by atoms with Gasteiger partial charge in [0, 0.05) is 18.4 Å². The second-order valence-electron chi connectivity index (χ2n) is 6.26. The first kappa shape index (κ1) is 17.2. The zero-order chi connectivity index (χ0) is 18.5. The number of hydrogen-bond acceptors (Lipinski definition) is 5. The third kappa shape index (κ3) is 4.51. The van der Waals surface area contributed by atoms with Crippen molar-refractivity contribution in [1.82, 2.24) is 9.97 Å². The zero-order valence-corrected chi connectivity index (χ0v) is 15.8. The number of rotatable bonds is 6. The summed E-state index contributed by atoms with van der Waals surface area (Å²) < 4.78 is 0. The number of benzene rings is 2. The van der Waals surface area contributed by atoms with Crippen LogP contribution in [0.4, 0.5) is 16.6 Å². The van der Waals surface area contributed by atoms with E-state index in [1.807, 2.05) is 24.3 Å². The van der Waals surface area contributed by atoms with E-state index in [2.05, 4.69) is 76.1 Å². The van der Waals surface area contributed by atoms with E-state index in [-0.39, 0.29) is 0 Å². The first-order chi connectivity index (χ1) is 13.3. The Balaban J connectivity index is 1.46. The van der Waals surface area contributed by atoms with E-state index in [0.29, 0.717) is 5.95 Å². The molecule has 0 aliphatic carbocycles. The van der Waals surface area contributed by atoms with Gasteiger partial charge in [0.25, 0.3) is 0 Å². The first-order valence-corrected chi connectivity index (χ1v) is 9.63. The van der Waals surface area contributed by atoms with Gasteiger partial charge in [0.1, 0.15) is 0 Å². The van der Waals surface area contributed by atoms with Crippen molar-refractivity contribution in [3.63, 3.8) is 0 Å². The highest BCUT2D eigenvalue weighted by Gasteiger charge is 2.06. The van der Waals surface area contributed by atoms with Crippen LogP contribution >= 0.6 is 11.3 Å². The molecule has 0 bridgehead atoms. The Bertz CT molecular complexity index is 1030. The largest absolute Gasteiger partial charge is 0.373 e. The summed E-state index contributed by atoms with van der Waals surface area (Å²) in [4.78, 5) is 10.1. The summed E-state index contributed by atoms with van der Waals surface area (Å²) >= 11 is 1.69. The third-order valence-electron chi connectivity index (χ3n) is 4.10. The van der Waals surface area contributed by atoms with Crippen LogP contribution in [-0.4, -0.2) is 9.97 Å². The van der Waals surface area contributed by atoms with Crippen molar-refractivity contribution in [3.8, 4) is 10.6 Å². The van der Waals surface area contributed by atoms with Crippen molar-refractivity contribution in [3.05, 3.63) is 90.1 Å². The second kappa shape index (κ2) is 8.01. The summed E-state index contributed by atoms with van der Waals surface area (Å²) in [5, 5.41) is 7.87. The molecule has 0 unspecified atom stereocenters. The maximum absolute atomic E-state index is 4.66. The molecule has 0 aliphatic rings. The summed E-state index contributed by atoms with van der Waals surface area (Å²) in [6, 6.07) is 24.7. The van der Waals surface area contributed by atoms with Crippen LogP contribution in [0.15, 0.2) is 79.0 Å². The second-order valence-corrected chi connectivity index (χ2v) is 7.35. The fraction of sp³-hybridized carbons (Fsp3) is 0.0909. The van der Waals surface area contributed by atoms with Crippen LogP contribution in [0, 0.1) is 6.92 Å².